The number of carbonyl (C=O) groups is 2. The highest BCUT2D eigenvalue weighted by Crippen LogP contribution is 2.22. The molecule has 0 fully saturated rings. The Balaban J connectivity index is 1.66. The number of rotatable bonds is 7. The van der Waals surface area contributed by atoms with E-state index >= 15 is 0 Å². The van der Waals surface area contributed by atoms with E-state index in [1.807, 2.05) is 0 Å². The zero-order valence-corrected chi connectivity index (χ0v) is 17.7. The first kappa shape index (κ1) is 22.9. The molecule has 8 nitrogen and oxygen atoms in total. The van der Waals surface area contributed by atoms with Gasteiger partial charge in [-0.3, -0.25) is 4.79 Å². The van der Waals surface area contributed by atoms with Gasteiger partial charge in [-0.2, -0.15) is 0 Å². The molecule has 0 aliphatic carbocycles. The smallest absolute Gasteiger partial charge is 0.341 e. The third-order valence-corrected chi connectivity index (χ3v) is 5.30. The van der Waals surface area contributed by atoms with Crippen LogP contribution in [0.3, 0.4) is 0 Å². The Hall–Kier alpha value is -3.76. The monoisotopic (exact) mass is 457 g/mol. The second kappa shape index (κ2) is 9.58. The van der Waals surface area contributed by atoms with E-state index in [0.717, 1.165) is 0 Å². The van der Waals surface area contributed by atoms with E-state index in [2.05, 4.69) is 10.6 Å². The number of ether oxygens (including phenoxy) is 1. The molecule has 4 N–H and O–H groups in total. The summed E-state index contributed by atoms with van der Waals surface area (Å²) in [6, 6.07) is 17.4. The van der Waals surface area contributed by atoms with Crippen LogP contribution in [0.1, 0.15) is 17.3 Å². The molecule has 0 aliphatic heterocycles. The van der Waals surface area contributed by atoms with Gasteiger partial charge < -0.3 is 15.4 Å². The van der Waals surface area contributed by atoms with Crippen molar-refractivity contribution in [3.8, 4) is 0 Å². The fourth-order valence-electron chi connectivity index (χ4n) is 2.71. The minimum atomic E-state index is -3.85. The third-order valence-electron chi connectivity index (χ3n) is 4.37. The summed E-state index contributed by atoms with van der Waals surface area (Å²) in [5.41, 5.74) is 1.49. The molecule has 3 rings (SSSR count). The van der Waals surface area contributed by atoms with Crippen LogP contribution in [-0.4, -0.2) is 26.4 Å². The maximum absolute atomic E-state index is 13.1. The topological polar surface area (TPSA) is 128 Å². The van der Waals surface area contributed by atoms with Gasteiger partial charge in [-0.25, -0.2) is 22.7 Å². The summed E-state index contributed by atoms with van der Waals surface area (Å²) in [7, 11) is -3.85. The zero-order chi connectivity index (χ0) is 23.3. The highest BCUT2D eigenvalue weighted by molar-refractivity contribution is 7.89. The minimum Gasteiger partial charge on any atom is -0.449 e. The molecule has 1 atom stereocenters. The number of halogens is 1. The standard InChI is InChI=1S/C22H20FN3O5S/c1-14(21(27)26-17-10-12-18(13-11-17)32(24,29)30)31-22(28)19-4-2-3-5-20(19)25-16-8-6-15(23)7-9-16/h2-14,25H,1H3,(H,26,27)(H2,24,29,30)/t14-/m1/s1. The van der Waals surface area contributed by atoms with Crippen LogP contribution in [0.25, 0.3) is 0 Å². The minimum absolute atomic E-state index is 0.0970. The predicted molar refractivity (Wildman–Crippen MR) is 117 cm³/mol. The number of sulfonamides is 1. The van der Waals surface area contributed by atoms with Gasteiger partial charge in [-0.15, -0.1) is 0 Å². The molecule has 0 radical (unpaired) electrons. The summed E-state index contributed by atoms with van der Waals surface area (Å²) in [6.07, 6.45) is -1.14. The first-order chi connectivity index (χ1) is 15.1. The van der Waals surface area contributed by atoms with Gasteiger partial charge in [0.15, 0.2) is 6.10 Å². The SMILES string of the molecule is C[C@@H](OC(=O)c1ccccc1Nc1ccc(F)cc1)C(=O)Nc1ccc(S(N)(=O)=O)cc1. The van der Waals surface area contributed by atoms with Crippen LogP contribution in [0.15, 0.2) is 77.7 Å². The zero-order valence-electron chi connectivity index (χ0n) is 16.9. The van der Waals surface area contributed by atoms with Gasteiger partial charge in [0.1, 0.15) is 5.82 Å². The molecule has 0 aromatic heterocycles. The summed E-state index contributed by atoms with van der Waals surface area (Å²) in [5.74, 6) is -1.73. The van der Waals surface area contributed by atoms with Crippen molar-refractivity contribution in [1.82, 2.24) is 0 Å². The molecule has 0 saturated heterocycles. The Labute approximate surface area is 184 Å². The van der Waals surface area contributed by atoms with Gasteiger partial charge >= 0.3 is 5.97 Å². The number of carbonyl (C=O) groups excluding carboxylic acids is 2. The summed E-state index contributed by atoms with van der Waals surface area (Å²) in [5, 5.41) is 10.6. The lowest BCUT2D eigenvalue weighted by atomic mass is 10.1. The molecule has 0 unspecified atom stereocenters. The number of benzene rings is 3. The van der Waals surface area contributed by atoms with Gasteiger partial charge in [0, 0.05) is 11.4 Å². The molecule has 1 amide bonds. The number of para-hydroxylation sites is 1. The average Bonchev–Trinajstić information content (AvgIpc) is 2.75. The molecule has 0 saturated carbocycles. The van der Waals surface area contributed by atoms with Gasteiger partial charge in [-0.1, -0.05) is 12.1 Å². The number of primary sulfonamides is 1. The fraction of sp³-hybridized carbons (Fsp3) is 0.0909. The van der Waals surface area contributed by atoms with Crippen LogP contribution in [0.2, 0.25) is 0 Å². The summed E-state index contributed by atoms with van der Waals surface area (Å²) < 4.78 is 41.0. The number of amides is 1. The van der Waals surface area contributed by atoms with Gasteiger partial charge in [-0.05, 0) is 67.6 Å². The Bertz CT molecular complexity index is 1230. The molecule has 0 heterocycles. The number of anilines is 3. The largest absolute Gasteiger partial charge is 0.449 e. The number of hydrogen-bond acceptors (Lipinski definition) is 6. The molecule has 32 heavy (non-hydrogen) atoms. The molecule has 0 bridgehead atoms. The van der Waals surface area contributed by atoms with Gasteiger partial charge in [0.05, 0.1) is 16.1 Å². The second-order valence-electron chi connectivity index (χ2n) is 6.78. The molecule has 0 aliphatic rings. The van der Waals surface area contributed by atoms with Crippen LogP contribution in [0.5, 0.6) is 0 Å². The average molecular weight is 457 g/mol. The van der Waals surface area contributed by atoms with E-state index < -0.39 is 28.0 Å². The van der Waals surface area contributed by atoms with Crippen molar-refractivity contribution < 1.29 is 27.1 Å². The van der Waals surface area contributed by atoms with Crippen LogP contribution in [0.4, 0.5) is 21.5 Å². The predicted octanol–water partition coefficient (Wildman–Crippen LogP) is 3.40. The first-order valence-corrected chi connectivity index (χ1v) is 10.9. The molecule has 3 aromatic carbocycles. The van der Waals surface area contributed by atoms with E-state index in [9.17, 15) is 22.4 Å². The van der Waals surface area contributed by atoms with Gasteiger partial charge in [0.2, 0.25) is 10.0 Å². The van der Waals surface area contributed by atoms with E-state index in [-0.39, 0.29) is 16.3 Å². The summed E-state index contributed by atoms with van der Waals surface area (Å²) >= 11 is 0. The Morgan fingerprint density at radius 3 is 2.16 bits per heavy atom. The van der Waals surface area contributed by atoms with Crippen LogP contribution >= 0.6 is 0 Å². The number of nitrogens with two attached hydrogens (primary N) is 1. The third kappa shape index (κ3) is 5.90. The number of nitrogens with one attached hydrogen (secondary N) is 2. The molecular formula is C22H20FN3O5S. The van der Waals surface area contributed by atoms with E-state index in [4.69, 9.17) is 9.88 Å². The van der Waals surface area contributed by atoms with Gasteiger partial charge in [0.25, 0.3) is 5.91 Å². The van der Waals surface area contributed by atoms with Crippen molar-refractivity contribution in [3.63, 3.8) is 0 Å². The Kier molecular flexibility index (Phi) is 6.86. The second-order valence-corrected chi connectivity index (χ2v) is 8.35. The Morgan fingerprint density at radius 2 is 1.53 bits per heavy atom. The van der Waals surface area contributed by atoms with E-state index in [1.54, 1.807) is 18.2 Å². The van der Waals surface area contributed by atoms with E-state index in [0.29, 0.717) is 17.1 Å². The van der Waals surface area contributed by atoms with Crippen molar-refractivity contribution in [3.05, 3.63) is 84.2 Å². The lowest BCUT2D eigenvalue weighted by molar-refractivity contribution is -0.123. The van der Waals surface area contributed by atoms with Crippen LogP contribution in [0, 0.1) is 5.82 Å². The summed E-state index contributed by atoms with van der Waals surface area (Å²) in [6.45, 7) is 1.40. The maximum Gasteiger partial charge on any atom is 0.341 e. The lowest BCUT2D eigenvalue weighted by Gasteiger charge is -2.16. The number of esters is 1. The molecular weight excluding hydrogens is 437 g/mol. The fourth-order valence-corrected chi connectivity index (χ4v) is 3.22. The maximum atomic E-state index is 13.1. The first-order valence-electron chi connectivity index (χ1n) is 9.40. The molecule has 3 aromatic rings. The van der Waals surface area contributed by atoms with Crippen LogP contribution < -0.4 is 15.8 Å². The Morgan fingerprint density at radius 1 is 0.938 bits per heavy atom. The van der Waals surface area contributed by atoms with Crippen molar-refractivity contribution in [2.45, 2.75) is 17.9 Å². The lowest BCUT2D eigenvalue weighted by Crippen LogP contribution is -2.30. The number of hydrogen-bond donors (Lipinski definition) is 3. The quantitative estimate of drug-likeness (QED) is 0.467. The highest BCUT2D eigenvalue weighted by atomic mass is 32.2. The van der Waals surface area contributed by atoms with Crippen molar-refractivity contribution >= 4 is 39.0 Å². The van der Waals surface area contributed by atoms with E-state index in [1.165, 1.54) is 61.5 Å². The normalized spacial score (nSPS) is 12.0. The highest BCUT2D eigenvalue weighted by Gasteiger charge is 2.21. The molecule has 166 valence electrons. The van der Waals surface area contributed by atoms with Crippen molar-refractivity contribution in [2.75, 3.05) is 10.6 Å². The van der Waals surface area contributed by atoms with Crippen LogP contribution in [-0.2, 0) is 19.6 Å². The van der Waals surface area contributed by atoms with Crippen molar-refractivity contribution in [2.24, 2.45) is 5.14 Å². The van der Waals surface area contributed by atoms with Crippen molar-refractivity contribution in [1.29, 1.82) is 0 Å². The molecule has 0 spiro atoms. The molecule has 10 heteroatoms. The summed E-state index contributed by atoms with van der Waals surface area (Å²) in [4.78, 5) is 24.9.